The Morgan fingerprint density at radius 1 is 1.25 bits per heavy atom. The van der Waals surface area contributed by atoms with E-state index in [4.69, 9.17) is 17.3 Å². The molecule has 0 unspecified atom stereocenters. The summed E-state index contributed by atoms with van der Waals surface area (Å²) in [5.74, 6) is -0.908. The van der Waals surface area contributed by atoms with Crippen molar-refractivity contribution < 1.29 is 9.90 Å². The number of hydrogen-bond donors (Lipinski definition) is 3. The van der Waals surface area contributed by atoms with Gasteiger partial charge in [-0.05, 0) is 43.2 Å². The standard InChI is InChI=1S/C17H15ClN4O2/c1-8-3-4-10(18)5-11(8)15-12(16(23)24)6-13(21-15)14-9(2)7-20-17(19)22-14/h3-7,21H,1-2H3,(H,23,24)(H2,19,20,22). The van der Waals surface area contributed by atoms with Crippen LogP contribution in [-0.4, -0.2) is 26.0 Å². The number of carboxylic acids is 1. The van der Waals surface area contributed by atoms with Crippen LogP contribution >= 0.6 is 11.6 Å². The van der Waals surface area contributed by atoms with Crippen LogP contribution in [0.3, 0.4) is 0 Å². The van der Waals surface area contributed by atoms with E-state index < -0.39 is 5.97 Å². The highest BCUT2D eigenvalue weighted by Crippen LogP contribution is 2.33. The van der Waals surface area contributed by atoms with Gasteiger partial charge in [-0.2, -0.15) is 0 Å². The molecule has 6 nitrogen and oxygen atoms in total. The number of aryl methyl sites for hydroxylation is 2. The van der Waals surface area contributed by atoms with Gasteiger partial charge in [-0.15, -0.1) is 0 Å². The quantitative estimate of drug-likeness (QED) is 0.673. The van der Waals surface area contributed by atoms with Gasteiger partial charge in [0.2, 0.25) is 5.95 Å². The Hall–Kier alpha value is -2.86. The number of rotatable bonds is 3. The van der Waals surface area contributed by atoms with Crippen LogP contribution in [0.1, 0.15) is 21.5 Å². The van der Waals surface area contributed by atoms with Gasteiger partial charge in [-0.25, -0.2) is 14.8 Å². The van der Waals surface area contributed by atoms with Gasteiger partial charge in [0.05, 0.1) is 22.6 Å². The molecule has 0 aliphatic heterocycles. The van der Waals surface area contributed by atoms with E-state index in [1.807, 2.05) is 19.9 Å². The fraction of sp³-hybridized carbons (Fsp3) is 0.118. The lowest BCUT2D eigenvalue weighted by Crippen LogP contribution is -1.98. The molecule has 0 aliphatic carbocycles. The number of carboxylic acid groups (broad SMARTS) is 1. The van der Waals surface area contributed by atoms with Crippen LogP contribution in [0.15, 0.2) is 30.5 Å². The lowest BCUT2D eigenvalue weighted by molar-refractivity contribution is 0.0698. The minimum atomic E-state index is -1.04. The van der Waals surface area contributed by atoms with E-state index >= 15 is 0 Å². The predicted octanol–water partition coefficient (Wildman–Crippen LogP) is 3.69. The molecule has 0 bridgehead atoms. The Labute approximate surface area is 143 Å². The number of carbonyl (C=O) groups is 1. The van der Waals surface area contributed by atoms with Crippen molar-refractivity contribution >= 4 is 23.5 Å². The number of nitrogens with two attached hydrogens (primary N) is 1. The maximum atomic E-state index is 11.7. The maximum absolute atomic E-state index is 11.7. The average Bonchev–Trinajstić information content (AvgIpc) is 2.97. The molecule has 24 heavy (non-hydrogen) atoms. The molecule has 0 saturated carbocycles. The first-order valence-corrected chi connectivity index (χ1v) is 7.57. The van der Waals surface area contributed by atoms with Crippen molar-refractivity contribution in [2.45, 2.75) is 13.8 Å². The monoisotopic (exact) mass is 342 g/mol. The van der Waals surface area contributed by atoms with Gasteiger partial charge in [-0.1, -0.05) is 17.7 Å². The van der Waals surface area contributed by atoms with Crippen LogP contribution in [0.25, 0.3) is 22.6 Å². The van der Waals surface area contributed by atoms with Crippen molar-refractivity contribution in [3.63, 3.8) is 0 Å². The summed E-state index contributed by atoms with van der Waals surface area (Å²) in [5.41, 5.74) is 9.84. The van der Waals surface area contributed by atoms with Gasteiger partial charge in [-0.3, -0.25) is 0 Å². The molecule has 0 amide bonds. The van der Waals surface area contributed by atoms with Gasteiger partial charge in [0.15, 0.2) is 0 Å². The number of anilines is 1. The molecule has 0 atom stereocenters. The van der Waals surface area contributed by atoms with Gasteiger partial charge < -0.3 is 15.8 Å². The van der Waals surface area contributed by atoms with Crippen molar-refractivity contribution in [2.75, 3.05) is 5.73 Å². The third kappa shape index (κ3) is 2.83. The number of halogens is 1. The third-order valence-corrected chi connectivity index (χ3v) is 4.00. The molecule has 3 aromatic rings. The number of nitrogens with zero attached hydrogens (tertiary/aromatic N) is 2. The van der Waals surface area contributed by atoms with Crippen molar-refractivity contribution in [3.8, 4) is 22.6 Å². The number of nitrogens with one attached hydrogen (secondary N) is 1. The zero-order valence-electron chi connectivity index (χ0n) is 13.1. The van der Waals surface area contributed by atoms with Crippen LogP contribution in [0.2, 0.25) is 5.02 Å². The Bertz CT molecular complexity index is 950. The smallest absolute Gasteiger partial charge is 0.337 e. The molecule has 0 radical (unpaired) electrons. The van der Waals surface area contributed by atoms with Gasteiger partial charge in [0.1, 0.15) is 0 Å². The van der Waals surface area contributed by atoms with E-state index in [0.29, 0.717) is 22.1 Å². The zero-order chi connectivity index (χ0) is 17.4. The second-order valence-electron chi connectivity index (χ2n) is 5.50. The van der Waals surface area contributed by atoms with E-state index in [-0.39, 0.29) is 11.5 Å². The molecule has 0 saturated heterocycles. The van der Waals surface area contributed by atoms with E-state index in [1.165, 1.54) is 0 Å². The summed E-state index contributed by atoms with van der Waals surface area (Å²) in [5, 5.41) is 10.1. The number of aromatic amines is 1. The third-order valence-electron chi connectivity index (χ3n) is 3.76. The fourth-order valence-electron chi connectivity index (χ4n) is 2.56. The summed E-state index contributed by atoms with van der Waals surface area (Å²) in [4.78, 5) is 23.0. The first-order chi connectivity index (χ1) is 11.4. The van der Waals surface area contributed by atoms with Crippen LogP contribution < -0.4 is 5.73 Å². The Morgan fingerprint density at radius 3 is 2.71 bits per heavy atom. The summed E-state index contributed by atoms with van der Waals surface area (Å²) in [6.45, 7) is 3.73. The van der Waals surface area contributed by atoms with Crippen molar-refractivity contribution in [3.05, 3.63) is 52.2 Å². The van der Waals surface area contributed by atoms with Crippen molar-refractivity contribution in [1.82, 2.24) is 15.0 Å². The van der Waals surface area contributed by atoms with Gasteiger partial charge >= 0.3 is 5.97 Å². The summed E-state index contributed by atoms with van der Waals surface area (Å²) >= 11 is 6.07. The largest absolute Gasteiger partial charge is 0.478 e. The normalized spacial score (nSPS) is 10.8. The van der Waals surface area contributed by atoms with E-state index in [0.717, 1.165) is 16.7 Å². The molecule has 7 heteroatoms. The summed E-state index contributed by atoms with van der Waals surface area (Å²) < 4.78 is 0. The topological polar surface area (TPSA) is 105 Å². The highest BCUT2D eigenvalue weighted by atomic mass is 35.5. The fourth-order valence-corrected chi connectivity index (χ4v) is 2.73. The Balaban J connectivity index is 2.24. The van der Waals surface area contributed by atoms with E-state index in [2.05, 4.69) is 15.0 Å². The van der Waals surface area contributed by atoms with Crippen LogP contribution in [0.4, 0.5) is 5.95 Å². The minimum absolute atomic E-state index is 0.127. The SMILES string of the molecule is Cc1ccc(Cl)cc1-c1[nH]c(-c2nc(N)ncc2C)cc1C(=O)O. The van der Waals surface area contributed by atoms with Crippen LogP contribution in [0, 0.1) is 13.8 Å². The highest BCUT2D eigenvalue weighted by Gasteiger charge is 2.20. The Morgan fingerprint density at radius 2 is 2.00 bits per heavy atom. The summed E-state index contributed by atoms with van der Waals surface area (Å²) in [6.07, 6.45) is 1.60. The number of aromatic carboxylic acids is 1. The highest BCUT2D eigenvalue weighted by molar-refractivity contribution is 6.31. The van der Waals surface area contributed by atoms with E-state index in [1.54, 1.807) is 24.4 Å². The summed E-state index contributed by atoms with van der Waals surface area (Å²) in [6, 6.07) is 6.89. The molecule has 1 aromatic carbocycles. The second kappa shape index (κ2) is 5.98. The molecule has 4 N–H and O–H groups in total. The minimum Gasteiger partial charge on any atom is -0.478 e. The van der Waals surface area contributed by atoms with E-state index in [9.17, 15) is 9.90 Å². The molecule has 2 aromatic heterocycles. The number of nitrogen functional groups attached to an aromatic ring is 1. The molecular formula is C17H15ClN4O2. The number of hydrogen-bond acceptors (Lipinski definition) is 4. The molecule has 0 aliphatic rings. The van der Waals surface area contributed by atoms with Crippen molar-refractivity contribution in [2.24, 2.45) is 0 Å². The van der Waals surface area contributed by atoms with Crippen LogP contribution in [-0.2, 0) is 0 Å². The predicted molar refractivity (Wildman–Crippen MR) is 93.1 cm³/mol. The molecular weight excluding hydrogens is 328 g/mol. The van der Waals surface area contributed by atoms with Crippen LogP contribution in [0.5, 0.6) is 0 Å². The molecule has 3 rings (SSSR count). The van der Waals surface area contributed by atoms with Gasteiger partial charge in [0.25, 0.3) is 0 Å². The van der Waals surface area contributed by atoms with Crippen molar-refractivity contribution in [1.29, 1.82) is 0 Å². The molecule has 2 heterocycles. The Kier molecular flexibility index (Phi) is 3.99. The summed E-state index contributed by atoms with van der Waals surface area (Å²) in [7, 11) is 0. The first-order valence-electron chi connectivity index (χ1n) is 7.19. The lowest BCUT2D eigenvalue weighted by Gasteiger charge is -2.07. The molecule has 122 valence electrons. The van der Waals surface area contributed by atoms with Gasteiger partial charge in [0, 0.05) is 16.8 Å². The second-order valence-corrected chi connectivity index (χ2v) is 5.93. The molecule has 0 spiro atoms. The zero-order valence-corrected chi connectivity index (χ0v) is 13.8. The lowest BCUT2D eigenvalue weighted by atomic mass is 10.0. The number of H-pyrrole nitrogens is 1. The number of benzene rings is 1. The first kappa shape index (κ1) is 16.0. The maximum Gasteiger partial charge on any atom is 0.337 e. The molecule has 0 fully saturated rings. The number of aromatic nitrogens is 3. The average molecular weight is 343 g/mol.